The molecule has 4 nitrogen and oxygen atoms in total. The van der Waals surface area contributed by atoms with E-state index in [1.807, 2.05) is 48.5 Å². The molecule has 94 valence electrons. The smallest absolute Gasteiger partial charge is 0.174 e. The van der Waals surface area contributed by atoms with Gasteiger partial charge in [-0.2, -0.15) is 10.4 Å². The summed E-state index contributed by atoms with van der Waals surface area (Å²) in [4.78, 5) is 0. The Bertz CT molecular complexity index is 571. The number of nitriles is 1. The monoisotopic (exact) mass is 251 g/mol. The lowest BCUT2D eigenvalue weighted by Crippen LogP contribution is -1.94. The first-order chi connectivity index (χ1) is 9.38. The standard InChI is InChI=1S/C15H13N3O/c16-10-11-19-15-8-6-13(7-9-15)12-17-18-14-4-2-1-3-5-14/h1-9,12,18H,11H2. The highest BCUT2D eigenvalue weighted by molar-refractivity contribution is 5.80. The van der Waals surface area contributed by atoms with Crippen molar-refractivity contribution in [3.05, 3.63) is 60.2 Å². The van der Waals surface area contributed by atoms with Crippen LogP contribution in [0.1, 0.15) is 5.56 Å². The summed E-state index contributed by atoms with van der Waals surface area (Å²) in [6, 6.07) is 19.0. The highest BCUT2D eigenvalue weighted by Gasteiger charge is 1.93. The number of para-hydroxylation sites is 1. The van der Waals surface area contributed by atoms with Gasteiger partial charge in [-0.1, -0.05) is 18.2 Å². The first kappa shape index (κ1) is 12.7. The zero-order chi connectivity index (χ0) is 13.3. The van der Waals surface area contributed by atoms with E-state index in [0.29, 0.717) is 5.75 Å². The third-order valence-electron chi connectivity index (χ3n) is 2.36. The van der Waals surface area contributed by atoms with Crippen molar-refractivity contribution >= 4 is 11.9 Å². The summed E-state index contributed by atoms with van der Waals surface area (Å²) in [5.74, 6) is 0.676. The lowest BCUT2D eigenvalue weighted by molar-refractivity contribution is 0.368. The number of hydrogen-bond acceptors (Lipinski definition) is 4. The van der Waals surface area contributed by atoms with Crippen molar-refractivity contribution < 1.29 is 4.74 Å². The number of benzene rings is 2. The van der Waals surface area contributed by atoms with Gasteiger partial charge in [0.2, 0.25) is 0 Å². The Balaban J connectivity index is 1.91. The molecule has 0 aliphatic carbocycles. The van der Waals surface area contributed by atoms with Crippen molar-refractivity contribution in [2.24, 2.45) is 5.10 Å². The molecule has 0 unspecified atom stereocenters. The fraction of sp³-hybridized carbons (Fsp3) is 0.0667. The van der Waals surface area contributed by atoms with Crippen LogP contribution in [0.3, 0.4) is 0 Å². The molecule has 0 radical (unpaired) electrons. The maximum Gasteiger partial charge on any atom is 0.174 e. The summed E-state index contributed by atoms with van der Waals surface area (Å²) in [6.45, 7) is 0.0585. The van der Waals surface area contributed by atoms with Crippen LogP contribution in [0.25, 0.3) is 0 Å². The second-order valence-electron chi connectivity index (χ2n) is 3.75. The van der Waals surface area contributed by atoms with E-state index in [1.165, 1.54) is 0 Å². The molecule has 0 bridgehead atoms. The van der Waals surface area contributed by atoms with Crippen LogP contribution in [-0.2, 0) is 0 Å². The number of rotatable bonds is 5. The van der Waals surface area contributed by atoms with Gasteiger partial charge in [0.05, 0.1) is 11.9 Å². The minimum atomic E-state index is 0.0585. The van der Waals surface area contributed by atoms with Gasteiger partial charge in [0.1, 0.15) is 11.8 Å². The third kappa shape index (κ3) is 4.17. The Kier molecular flexibility index (Phi) is 4.54. The van der Waals surface area contributed by atoms with Crippen LogP contribution in [0, 0.1) is 11.3 Å². The molecule has 0 aliphatic heterocycles. The predicted molar refractivity (Wildman–Crippen MR) is 75.2 cm³/mol. The molecule has 2 aromatic rings. The first-order valence-corrected chi connectivity index (χ1v) is 5.82. The third-order valence-corrected chi connectivity index (χ3v) is 2.36. The molecule has 0 saturated carbocycles. The van der Waals surface area contributed by atoms with Gasteiger partial charge in [0, 0.05) is 0 Å². The molecular formula is C15H13N3O. The zero-order valence-corrected chi connectivity index (χ0v) is 10.3. The fourth-order valence-corrected chi connectivity index (χ4v) is 1.46. The summed E-state index contributed by atoms with van der Waals surface area (Å²) < 4.78 is 5.16. The molecule has 2 rings (SSSR count). The fourth-order valence-electron chi connectivity index (χ4n) is 1.46. The molecule has 4 heteroatoms. The number of nitrogens with zero attached hydrogens (tertiary/aromatic N) is 2. The van der Waals surface area contributed by atoms with Gasteiger partial charge in [-0.15, -0.1) is 0 Å². The molecule has 0 saturated heterocycles. The molecule has 0 amide bonds. The van der Waals surface area contributed by atoms with E-state index in [1.54, 1.807) is 18.3 Å². The largest absolute Gasteiger partial charge is 0.479 e. The van der Waals surface area contributed by atoms with Gasteiger partial charge in [-0.05, 0) is 42.0 Å². The van der Waals surface area contributed by atoms with Crippen LogP contribution >= 0.6 is 0 Å². The molecule has 0 aliphatic rings. The average Bonchev–Trinajstić information content (AvgIpc) is 2.47. The van der Waals surface area contributed by atoms with Crippen LogP contribution in [0.4, 0.5) is 5.69 Å². The minimum Gasteiger partial charge on any atom is -0.479 e. The molecule has 19 heavy (non-hydrogen) atoms. The van der Waals surface area contributed by atoms with E-state index in [2.05, 4.69) is 10.5 Å². The predicted octanol–water partition coefficient (Wildman–Crippen LogP) is 3.03. The van der Waals surface area contributed by atoms with Crippen LogP contribution in [-0.4, -0.2) is 12.8 Å². The lowest BCUT2D eigenvalue weighted by atomic mass is 10.2. The summed E-state index contributed by atoms with van der Waals surface area (Å²) in [6.07, 6.45) is 1.72. The second-order valence-corrected chi connectivity index (χ2v) is 3.75. The highest BCUT2D eigenvalue weighted by Crippen LogP contribution is 2.11. The number of anilines is 1. The van der Waals surface area contributed by atoms with Crippen molar-refractivity contribution in [1.29, 1.82) is 5.26 Å². The average molecular weight is 251 g/mol. The number of nitrogens with one attached hydrogen (secondary N) is 1. The minimum absolute atomic E-state index is 0.0585. The quantitative estimate of drug-likeness (QED) is 0.656. The number of hydrogen-bond donors (Lipinski definition) is 1. The van der Waals surface area contributed by atoms with E-state index in [4.69, 9.17) is 10.00 Å². The summed E-state index contributed by atoms with van der Waals surface area (Å²) in [5, 5.41) is 12.5. The van der Waals surface area contributed by atoms with Crippen molar-refractivity contribution in [3.8, 4) is 11.8 Å². The Labute approximate surface area is 112 Å². The van der Waals surface area contributed by atoms with Gasteiger partial charge >= 0.3 is 0 Å². The van der Waals surface area contributed by atoms with Gasteiger partial charge < -0.3 is 4.74 Å². The topological polar surface area (TPSA) is 57.4 Å². The van der Waals surface area contributed by atoms with Crippen molar-refractivity contribution in [3.63, 3.8) is 0 Å². The van der Waals surface area contributed by atoms with Gasteiger partial charge in [-0.3, -0.25) is 5.43 Å². The maximum atomic E-state index is 8.40. The van der Waals surface area contributed by atoms with Gasteiger partial charge in [-0.25, -0.2) is 0 Å². The lowest BCUT2D eigenvalue weighted by Gasteiger charge is -2.01. The Morgan fingerprint density at radius 3 is 2.53 bits per heavy atom. The first-order valence-electron chi connectivity index (χ1n) is 5.82. The highest BCUT2D eigenvalue weighted by atomic mass is 16.5. The van der Waals surface area contributed by atoms with Crippen LogP contribution in [0.2, 0.25) is 0 Å². The normalized spacial score (nSPS) is 10.1. The van der Waals surface area contributed by atoms with Crippen LogP contribution in [0.15, 0.2) is 59.7 Å². The van der Waals surface area contributed by atoms with E-state index in [-0.39, 0.29) is 6.61 Å². The van der Waals surface area contributed by atoms with Gasteiger partial charge in [0.15, 0.2) is 6.61 Å². The Morgan fingerprint density at radius 2 is 1.84 bits per heavy atom. The van der Waals surface area contributed by atoms with E-state index in [0.717, 1.165) is 11.3 Å². The molecule has 0 heterocycles. The van der Waals surface area contributed by atoms with Crippen molar-refractivity contribution in [1.82, 2.24) is 0 Å². The maximum absolute atomic E-state index is 8.40. The molecule has 1 N–H and O–H groups in total. The molecular weight excluding hydrogens is 238 g/mol. The molecule has 0 fully saturated rings. The Morgan fingerprint density at radius 1 is 1.11 bits per heavy atom. The van der Waals surface area contributed by atoms with Crippen LogP contribution in [0.5, 0.6) is 5.75 Å². The van der Waals surface area contributed by atoms with Gasteiger partial charge in [0.25, 0.3) is 0 Å². The number of hydrazone groups is 1. The summed E-state index contributed by atoms with van der Waals surface area (Å²) in [5.41, 5.74) is 4.83. The Hall–Kier alpha value is -2.80. The zero-order valence-electron chi connectivity index (χ0n) is 10.3. The SMILES string of the molecule is N#CCOc1ccc(C=NNc2ccccc2)cc1. The molecule has 0 aromatic heterocycles. The van der Waals surface area contributed by atoms with E-state index < -0.39 is 0 Å². The second kappa shape index (κ2) is 6.82. The molecule has 2 aromatic carbocycles. The summed E-state index contributed by atoms with van der Waals surface area (Å²) >= 11 is 0. The van der Waals surface area contributed by atoms with E-state index in [9.17, 15) is 0 Å². The van der Waals surface area contributed by atoms with E-state index >= 15 is 0 Å². The van der Waals surface area contributed by atoms with Crippen LogP contribution < -0.4 is 10.2 Å². The van der Waals surface area contributed by atoms with Crippen molar-refractivity contribution in [2.75, 3.05) is 12.0 Å². The molecule has 0 spiro atoms. The van der Waals surface area contributed by atoms with Crippen molar-refractivity contribution in [2.45, 2.75) is 0 Å². The number of ether oxygens (including phenoxy) is 1. The summed E-state index contributed by atoms with van der Waals surface area (Å²) in [7, 11) is 0. The molecule has 0 atom stereocenters.